The van der Waals surface area contributed by atoms with Crippen molar-refractivity contribution in [1.82, 2.24) is 0 Å². The van der Waals surface area contributed by atoms with E-state index in [1.54, 1.807) is 25.3 Å². The van der Waals surface area contributed by atoms with Crippen molar-refractivity contribution in [2.24, 2.45) is 0 Å². The highest BCUT2D eigenvalue weighted by Gasteiger charge is 2.21. The highest BCUT2D eigenvalue weighted by molar-refractivity contribution is 6.31. The molecule has 130 valence electrons. The summed E-state index contributed by atoms with van der Waals surface area (Å²) in [6.07, 6.45) is 4.22. The first kappa shape index (κ1) is 17.4. The van der Waals surface area contributed by atoms with Crippen molar-refractivity contribution in [2.45, 2.75) is 26.4 Å². The van der Waals surface area contributed by atoms with Crippen LogP contribution in [0.25, 0.3) is 6.08 Å². The smallest absolute Gasteiger partial charge is 0.248 e. The minimum atomic E-state index is -0.234. The fourth-order valence-corrected chi connectivity index (χ4v) is 3.02. The second kappa shape index (κ2) is 7.19. The number of methoxy groups -OCH3 is 1. The Kier molecular flexibility index (Phi) is 5.00. The van der Waals surface area contributed by atoms with Crippen LogP contribution in [0.1, 0.15) is 23.6 Å². The van der Waals surface area contributed by atoms with E-state index in [-0.39, 0.29) is 12.0 Å². The van der Waals surface area contributed by atoms with Gasteiger partial charge in [0.1, 0.15) is 17.6 Å². The number of carbonyl (C=O) groups is 1. The minimum absolute atomic E-state index is 0.160. The van der Waals surface area contributed by atoms with Crippen LogP contribution in [0.3, 0.4) is 0 Å². The highest BCUT2D eigenvalue weighted by Crippen LogP contribution is 2.35. The number of carbonyl (C=O) groups excluding carboxylic acids is 1. The van der Waals surface area contributed by atoms with Crippen molar-refractivity contribution >= 4 is 29.3 Å². The number of rotatable bonds is 4. The molecule has 1 atom stereocenters. The van der Waals surface area contributed by atoms with Crippen LogP contribution >= 0.6 is 11.6 Å². The summed E-state index contributed by atoms with van der Waals surface area (Å²) in [6, 6.07) is 9.29. The molecule has 0 unspecified atom stereocenters. The van der Waals surface area contributed by atoms with Gasteiger partial charge in [0.05, 0.1) is 7.11 Å². The largest absolute Gasteiger partial charge is 0.496 e. The molecule has 0 saturated carbocycles. The third-order valence-electron chi connectivity index (χ3n) is 4.19. The summed E-state index contributed by atoms with van der Waals surface area (Å²) in [4.78, 5) is 12.2. The van der Waals surface area contributed by atoms with Crippen LogP contribution in [-0.4, -0.2) is 19.1 Å². The molecule has 1 heterocycles. The molecule has 3 rings (SSSR count). The van der Waals surface area contributed by atoms with E-state index in [9.17, 15) is 4.79 Å². The molecule has 1 aliphatic rings. The highest BCUT2D eigenvalue weighted by atomic mass is 35.5. The second-order valence-corrected chi connectivity index (χ2v) is 6.48. The van der Waals surface area contributed by atoms with Gasteiger partial charge in [0.2, 0.25) is 5.91 Å². The quantitative estimate of drug-likeness (QED) is 0.811. The number of anilines is 1. The lowest BCUT2D eigenvalue weighted by Crippen LogP contribution is -2.09. The van der Waals surface area contributed by atoms with Gasteiger partial charge in [-0.25, -0.2) is 0 Å². The Labute approximate surface area is 152 Å². The molecule has 0 aromatic heterocycles. The van der Waals surface area contributed by atoms with Crippen molar-refractivity contribution in [3.05, 3.63) is 58.1 Å². The third-order valence-corrected chi connectivity index (χ3v) is 4.60. The minimum Gasteiger partial charge on any atom is -0.496 e. The molecular weight excluding hydrogens is 338 g/mol. The van der Waals surface area contributed by atoms with Gasteiger partial charge in [-0.2, -0.15) is 0 Å². The van der Waals surface area contributed by atoms with E-state index in [0.717, 1.165) is 34.6 Å². The van der Waals surface area contributed by atoms with Crippen molar-refractivity contribution < 1.29 is 14.3 Å². The van der Waals surface area contributed by atoms with Gasteiger partial charge in [-0.3, -0.25) is 4.79 Å². The molecule has 0 bridgehead atoms. The molecule has 0 saturated heterocycles. The molecule has 2 aromatic rings. The Morgan fingerprint density at radius 2 is 2.20 bits per heavy atom. The van der Waals surface area contributed by atoms with Crippen LogP contribution in [0.5, 0.6) is 11.5 Å². The summed E-state index contributed by atoms with van der Waals surface area (Å²) in [5.41, 5.74) is 3.46. The second-order valence-electron chi connectivity index (χ2n) is 6.07. The van der Waals surface area contributed by atoms with Gasteiger partial charge in [-0.05, 0) is 49.8 Å². The average Bonchev–Trinajstić information content (AvgIpc) is 2.95. The first-order valence-corrected chi connectivity index (χ1v) is 8.47. The fourth-order valence-electron chi connectivity index (χ4n) is 2.84. The molecule has 4 nitrogen and oxygen atoms in total. The first-order valence-electron chi connectivity index (χ1n) is 8.09. The predicted molar refractivity (Wildman–Crippen MR) is 101 cm³/mol. The van der Waals surface area contributed by atoms with Gasteiger partial charge < -0.3 is 14.8 Å². The number of halogens is 1. The van der Waals surface area contributed by atoms with Gasteiger partial charge >= 0.3 is 0 Å². The summed E-state index contributed by atoms with van der Waals surface area (Å²) in [6.45, 7) is 3.90. The molecule has 1 N–H and O–H groups in total. The van der Waals surface area contributed by atoms with Gasteiger partial charge in [-0.15, -0.1) is 0 Å². The van der Waals surface area contributed by atoms with Crippen LogP contribution in [-0.2, 0) is 11.2 Å². The SMILES string of the molecule is COc1cc2c(cc1/C=C/C(=O)Nc1cccc(Cl)c1C)O[C@@H](C)C2. The molecule has 0 aliphatic carbocycles. The fraction of sp³-hybridized carbons (Fsp3) is 0.250. The lowest BCUT2D eigenvalue weighted by molar-refractivity contribution is -0.111. The zero-order valence-electron chi connectivity index (χ0n) is 14.4. The number of ether oxygens (including phenoxy) is 2. The summed E-state index contributed by atoms with van der Waals surface area (Å²) in [5, 5.41) is 3.45. The Hall–Kier alpha value is -2.46. The Morgan fingerprint density at radius 3 is 2.96 bits per heavy atom. The Bertz CT molecular complexity index is 845. The Balaban J connectivity index is 1.78. The van der Waals surface area contributed by atoms with Crippen LogP contribution in [0.2, 0.25) is 5.02 Å². The van der Waals surface area contributed by atoms with E-state index < -0.39 is 0 Å². The van der Waals surface area contributed by atoms with Crippen LogP contribution in [0.15, 0.2) is 36.4 Å². The molecule has 1 amide bonds. The predicted octanol–water partition coefficient (Wildman–Crippen LogP) is 4.63. The maximum atomic E-state index is 12.2. The first-order chi connectivity index (χ1) is 12.0. The van der Waals surface area contributed by atoms with Gasteiger partial charge in [0, 0.05) is 34.3 Å². The van der Waals surface area contributed by atoms with Crippen molar-refractivity contribution in [3.8, 4) is 11.5 Å². The molecule has 25 heavy (non-hydrogen) atoms. The molecule has 2 aromatic carbocycles. The molecular formula is C20H20ClNO3. The maximum Gasteiger partial charge on any atom is 0.248 e. The van der Waals surface area contributed by atoms with Gasteiger partial charge in [0.15, 0.2) is 0 Å². The van der Waals surface area contributed by atoms with E-state index in [0.29, 0.717) is 10.7 Å². The zero-order chi connectivity index (χ0) is 18.0. The summed E-state index contributed by atoms with van der Waals surface area (Å²) < 4.78 is 11.2. The molecule has 0 spiro atoms. The number of amides is 1. The number of hydrogen-bond donors (Lipinski definition) is 1. The zero-order valence-corrected chi connectivity index (χ0v) is 15.2. The van der Waals surface area contributed by atoms with Crippen LogP contribution in [0, 0.1) is 6.92 Å². The van der Waals surface area contributed by atoms with Gasteiger partial charge in [-0.1, -0.05) is 17.7 Å². The van der Waals surface area contributed by atoms with Crippen molar-refractivity contribution in [1.29, 1.82) is 0 Å². The van der Waals surface area contributed by atoms with Crippen LogP contribution < -0.4 is 14.8 Å². The summed E-state index contributed by atoms with van der Waals surface area (Å²) >= 11 is 6.08. The normalized spacial score (nSPS) is 15.8. The van der Waals surface area contributed by atoms with Crippen molar-refractivity contribution in [2.75, 3.05) is 12.4 Å². The Morgan fingerprint density at radius 1 is 1.40 bits per heavy atom. The number of hydrogen-bond acceptors (Lipinski definition) is 3. The topological polar surface area (TPSA) is 47.6 Å². The molecule has 0 radical (unpaired) electrons. The van der Waals surface area contributed by atoms with E-state index in [1.165, 1.54) is 6.08 Å². The molecule has 0 fully saturated rings. The van der Waals surface area contributed by atoms with Crippen molar-refractivity contribution in [3.63, 3.8) is 0 Å². The molecule has 5 heteroatoms. The maximum absolute atomic E-state index is 12.2. The lowest BCUT2D eigenvalue weighted by Gasteiger charge is -2.09. The standard InChI is InChI=1S/C20H20ClNO3/c1-12-9-15-11-18(24-3)14(10-19(15)25-12)7-8-20(23)22-17-6-4-5-16(21)13(17)2/h4-8,10-12H,9H2,1-3H3,(H,22,23)/b8-7+/t12-/m0/s1. The number of nitrogens with one attached hydrogen (secondary N) is 1. The van der Waals surface area contributed by atoms with E-state index in [4.69, 9.17) is 21.1 Å². The van der Waals surface area contributed by atoms with E-state index >= 15 is 0 Å². The lowest BCUT2D eigenvalue weighted by atomic mass is 10.1. The third kappa shape index (κ3) is 3.80. The summed E-state index contributed by atoms with van der Waals surface area (Å²) in [7, 11) is 1.62. The average molecular weight is 358 g/mol. The van der Waals surface area contributed by atoms with Crippen LogP contribution in [0.4, 0.5) is 5.69 Å². The molecule has 1 aliphatic heterocycles. The van der Waals surface area contributed by atoms with E-state index in [2.05, 4.69) is 5.32 Å². The number of fused-ring (bicyclic) bond motifs is 1. The van der Waals surface area contributed by atoms with Gasteiger partial charge in [0.25, 0.3) is 0 Å². The number of benzene rings is 2. The summed E-state index contributed by atoms with van der Waals surface area (Å²) in [5.74, 6) is 1.33. The van der Waals surface area contributed by atoms with E-state index in [1.807, 2.05) is 32.0 Å². The monoisotopic (exact) mass is 357 g/mol.